The van der Waals surface area contributed by atoms with Gasteiger partial charge >= 0.3 is 0 Å². The van der Waals surface area contributed by atoms with Gasteiger partial charge in [-0.2, -0.15) is 0 Å². The molecule has 1 unspecified atom stereocenters. The molecule has 1 aromatic carbocycles. The Bertz CT molecular complexity index is 947. The van der Waals surface area contributed by atoms with Gasteiger partial charge in [-0.3, -0.25) is 4.98 Å². The third-order valence-corrected chi connectivity index (χ3v) is 6.36. The van der Waals surface area contributed by atoms with Crippen LogP contribution in [-0.2, 0) is 5.54 Å². The van der Waals surface area contributed by atoms with E-state index in [0.29, 0.717) is 0 Å². The van der Waals surface area contributed by atoms with Gasteiger partial charge in [0.1, 0.15) is 0 Å². The number of benzene rings is 1. The molecule has 1 saturated heterocycles. The molecule has 1 fully saturated rings. The zero-order chi connectivity index (χ0) is 19.7. The highest BCUT2D eigenvalue weighted by molar-refractivity contribution is 5.79. The number of aromatic nitrogens is 5. The van der Waals surface area contributed by atoms with Crippen molar-refractivity contribution in [2.24, 2.45) is 5.92 Å². The van der Waals surface area contributed by atoms with Gasteiger partial charge in [0.2, 0.25) is 5.82 Å². The molecule has 0 amide bonds. The molecule has 1 aliphatic heterocycles. The number of pyridine rings is 1. The highest BCUT2D eigenvalue weighted by Crippen LogP contribution is 2.27. The van der Waals surface area contributed by atoms with Gasteiger partial charge in [0, 0.05) is 23.1 Å². The zero-order valence-electron chi connectivity index (χ0n) is 17.4. The van der Waals surface area contributed by atoms with Gasteiger partial charge in [-0.15, -0.1) is 5.10 Å². The minimum Gasteiger partial charge on any atom is -0.322 e. The Kier molecular flexibility index (Phi) is 5.15. The van der Waals surface area contributed by atoms with Crippen LogP contribution in [-0.4, -0.2) is 38.3 Å². The lowest BCUT2D eigenvalue weighted by Crippen LogP contribution is -3.14. The molecular formula is C22H31N6+. The molecule has 6 heteroatoms. The highest BCUT2D eigenvalue weighted by Gasteiger charge is 2.37. The highest BCUT2D eigenvalue weighted by atomic mass is 15.6. The van der Waals surface area contributed by atoms with E-state index in [4.69, 9.17) is 0 Å². The van der Waals surface area contributed by atoms with Crippen LogP contribution in [0.1, 0.15) is 64.4 Å². The van der Waals surface area contributed by atoms with E-state index in [1.807, 2.05) is 12.3 Å². The van der Waals surface area contributed by atoms with E-state index in [9.17, 15) is 0 Å². The van der Waals surface area contributed by atoms with E-state index < -0.39 is 0 Å². The van der Waals surface area contributed by atoms with Crippen LogP contribution in [0.3, 0.4) is 0 Å². The van der Waals surface area contributed by atoms with Crippen LogP contribution >= 0.6 is 0 Å². The lowest BCUT2D eigenvalue weighted by atomic mass is 9.94. The first-order valence-corrected chi connectivity index (χ1v) is 10.5. The molecule has 3 atom stereocenters. The summed E-state index contributed by atoms with van der Waals surface area (Å²) in [6.07, 6.45) is 5.39. The fourth-order valence-electron chi connectivity index (χ4n) is 4.39. The molecule has 1 aliphatic rings. The van der Waals surface area contributed by atoms with Crippen molar-refractivity contribution in [2.75, 3.05) is 13.1 Å². The summed E-state index contributed by atoms with van der Waals surface area (Å²) in [6, 6.07) is 10.9. The van der Waals surface area contributed by atoms with Gasteiger partial charge in [-0.1, -0.05) is 26.0 Å². The summed E-state index contributed by atoms with van der Waals surface area (Å²) in [5.74, 6) is 1.69. The number of piperidine rings is 1. The van der Waals surface area contributed by atoms with E-state index in [1.54, 1.807) is 4.90 Å². The van der Waals surface area contributed by atoms with E-state index >= 15 is 0 Å². The maximum atomic E-state index is 4.55. The average Bonchev–Trinajstić information content (AvgIpc) is 3.18. The van der Waals surface area contributed by atoms with Crippen molar-refractivity contribution in [3.05, 3.63) is 47.9 Å². The summed E-state index contributed by atoms with van der Waals surface area (Å²) in [5, 5.41) is 14.2. The standard InChI is InChI=1S/C22H30N6/c1-5-22(3,4)28-21(24-25-26-28)20(27-13-7-8-16(2)15-27)18-10-11-19-17(14-18)9-6-12-23-19/h6,9-12,14,16,20H,5,7-8,13,15H2,1-4H3/p+1/t16-,20-/m0/s1. The molecule has 0 saturated carbocycles. The SMILES string of the molecule is CCC(C)(C)n1nnnc1[C@H](c1ccc2ncccc2c1)[NH+]1CCC[C@H](C)C1. The van der Waals surface area contributed by atoms with Crippen LogP contribution in [0.2, 0.25) is 0 Å². The molecule has 3 aromatic rings. The molecule has 6 nitrogen and oxygen atoms in total. The largest absolute Gasteiger partial charge is 0.322 e. The van der Waals surface area contributed by atoms with Gasteiger partial charge in [-0.05, 0) is 61.7 Å². The molecule has 148 valence electrons. The van der Waals surface area contributed by atoms with E-state index in [-0.39, 0.29) is 11.6 Å². The van der Waals surface area contributed by atoms with Crippen LogP contribution < -0.4 is 4.90 Å². The van der Waals surface area contributed by atoms with Gasteiger partial charge in [0.15, 0.2) is 6.04 Å². The molecule has 2 aromatic heterocycles. The minimum absolute atomic E-state index is 0.115. The smallest absolute Gasteiger partial charge is 0.214 e. The summed E-state index contributed by atoms with van der Waals surface area (Å²) in [6.45, 7) is 11.3. The van der Waals surface area contributed by atoms with Crippen molar-refractivity contribution in [3.8, 4) is 0 Å². The second-order valence-electron chi connectivity index (χ2n) is 8.86. The quantitative estimate of drug-likeness (QED) is 0.740. The number of rotatable bonds is 5. The topological polar surface area (TPSA) is 60.9 Å². The molecule has 4 rings (SSSR count). The Balaban J connectivity index is 1.84. The summed E-state index contributed by atoms with van der Waals surface area (Å²) < 4.78 is 2.05. The van der Waals surface area contributed by atoms with Crippen LogP contribution in [0.4, 0.5) is 0 Å². The number of fused-ring (bicyclic) bond motifs is 1. The Morgan fingerprint density at radius 3 is 2.93 bits per heavy atom. The maximum absolute atomic E-state index is 4.55. The van der Waals surface area contributed by atoms with Gasteiger partial charge in [-0.25, -0.2) is 4.68 Å². The number of tetrazole rings is 1. The molecule has 28 heavy (non-hydrogen) atoms. The van der Waals surface area contributed by atoms with E-state index in [2.05, 4.69) is 77.2 Å². The van der Waals surface area contributed by atoms with Crippen molar-refractivity contribution in [2.45, 2.75) is 58.5 Å². The molecule has 0 spiro atoms. The normalized spacial score (nSPS) is 21.7. The van der Waals surface area contributed by atoms with E-state index in [1.165, 1.54) is 23.8 Å². The number of nitrogens with zero attached hydrogens (tertiary/aromatic N) is 5. The predicted octanol–water partition coefficient (Wildman–Crippen LogP) is 2.77. The Morgan fingerprint density at radius 2 is 2.14 bits per heavy atom. The number of quaternary nitrogens is 1. The number of likely N-dealkylation sites (tertiary alicyclic amines) is 1. The fraction of sp³-hybridized carbons (Fsp3) is 0.545. The van der Waals surface area contributed by atoms with Crippen LogP contribution in [0.25, 0.3) is 10.9 Å². The zero-order valence-corrected chi connectivity index (χ0v) is 17.4. The molecule has 0 radical (unpaired) electrons. The van der Waals surface area contributed by atoms with Crippen molar-refractivity contribution in [1.82, 2.24) is 25.2 Å². The molecule has 3 heterocycles. The summed E-state index contributed by atoms with van der Waals surface area (Å²) in [7, 11) is 0. The minimum atomic E-state index is -0.115. The monoisotopic (exact) mass is 379 g/mol. The third-order valence-electron chi connectivity index (χ3n) is 6.36. The number of hydrogen-bond donors (Lipinski definition) is 1. The molecule has 1 N–H and O–H groups in total. The van der Waals surface area contributed by atoms with Gasteiger partial charge in [0.25, 0.3) is 0 Å². The Labute approximate surface area is 167 Å². The van der Waals surface area contributed by atoms with Crippen molar-refractivity contribution >= 4 is 10.9 Å². The first-order chi connectivity index (χ1) is 13.5. The summed E-state index contributed by atoms with van der Waals surface area (Å²) >= 11 is 0. The molecule has 0 aliphatic carbocycles. The van der Waals surface area contributed by atoms with Crippen LogP contribution in [0.5, 0.6) is 0 Å². The van der Waals surface area contributed by atoms with Crippen molar-refractivity contribution in [1.29, 1.82) is 0 Å². The summed E-state index contributed by atoms with van der Waals surface area (Å²) in [5.41, 5.74) is 2.18. The van der Waals surface area contributed by atoms with E-state index in [0.717, 1.165) is 36.8 Å². The first kappa shape index (κ1) is 19.0. The second-order valence-corrected chi connectivity index (χ2v) is 8.86. The third kappa shape index (κ3) is 3.53. The Morgan fingerprint density at radius 1 is 1.29 bits per heavy atom. The fourth-order valence-corrected chi connectivity index (χ4v) is 4.39. The van der Waals surface area contributed by atoms with Gasteiger partial charge in [0.05, 0.1) is 24.1 Å². The number of nitrogens with one attached hydrogen (secondary N) is 1. The van der Waals surface area contributed by atoms with Gasteiger partial charge < -0.3 is 4.90 Å². The van der Waals surface area contributed by atoms with Crippen molar-refractivity contribution < 1.29 is 4.90 Å². The van der Waals surface area contributed by atoms with Crippen molar-refractivity contribution in [3.63, 3.8) is 0 Å². The number of hydrogen-bond acceptors (Lipinski definition) is 4. The maximum Gasteiger partial charge on any atom is 0.214 e. The predicted molar refractivity (Wildman–Crippen MR) is 110 cm³/mol. The lowest BCUT2D eigenvalue weighted by molar-refractivity contribution is -0.934. The second kappa shape index (κ2) is 7.59. The molecular weight excluding hydrogens is 348 g/mol. The van der Waals surface area contributed by atoms with Crippen LogP contribution in [0, 0.1) is 5.92 Å². The average molecular weight is 380 g/mol. The lowest BCUT2D eigenvalue weighted by Gasteiger charge is -2.35. The van der Waals surface area contributed by atoms with Crippen LogP contribution in [0.15, 0.2) is 36.5 Å². The summed E-state index contributed by atoms with van der Waals surface area (Å²) in [4.78, 5) is 6.05. The molecule has 0 bridgehead atoms. The Hall–Kier alpha value is -2.34. The first-order valence-electron chi connectivity index (χ1n) is 10.5.